The van der Waals surface area contributed by atoms with Crippen molar-refractivity contribution >= 4 is 0 Å². The zero-order valence-electron chi connectivity index (χ0n) is 9.28. The molecule has 0 rings (SSSR count). The Kier molecular flexibility index (Phi) is 1370. The molecule has 0 atom stereocenters. The van der Waals surface area contributed by atoms with Gasteiger partial charge in [0.25, 0.3) is 0 Å². The van der Waals surface area contributed by atoms with Gasteiger partial charge in [-0.15, -0.1) is 0 Å². The van der Waals surface area contributed by atoms with Crippen molar-refractivity contribution in [2.45, 2.75) is 70.2 Å². The molecule has 0 spiro atoms. The molecule has 0 bridgehead atoms. The van der Waals surface area contributed by atoms with Gasteiger partial charge in [-0.3, -0.25) is 0 Å². The molecule has 3 heteroatoms. The van der Waals surface area contributed by atoms with Crippen LogP contribution in [0.5, 0.6) is 0 Å². The van der Waals surface area contributed by atoms with Crippen LogP contribution in [-0.4, -0.2) is 0 Å². The third-order valence-electron chi connectivity index (χ3n) is 0. The van der Waals surface area contributed by atoms with Crippen LogP contribution in [0.15, 0.2) is 0 Å². The van der Waals surface area contributed by atoms with Crippen LogP contribution < -0.4 is 0 Å². The van der Waals surface area contributed by atoms with Gasteiger partial charge in [0.1, 0.15) is 0 Å². The van der Waals surface area contributed by atoms with E-state index in [1.54, 1.807) is 0 Å². The molecule has 0 aliphatic rings. The molecule has 0 saturated heterocycles. The van der Waals surface area contributed by atoms with E-state index in [-0.39, 0.29) is 123 Å². The summed E-state index contributed by atoms with van der Waals surface area (Å²) in [6.07, 6.45) is 0. The normalized spacial score (nSPS) is 1.85. The number of rotatable bonds is 0. The molecule has 0 aliphatic carbocycles. The largest absolute Gasteiger partial charge is 0.0776 e. The predicted molar refractivity (Wildman–Crippen MR) is 58.9 cm³/mol. The minimum absolute atomic E-state index is 0. The van der Waals surface area contributed by atoms with Gasteiger partial charge < -0.3 is 0 Å². The van der Waals surface area contributed by atoms with Crippen molar-refractivity contribution in [3.05, 3.63) is 0 Å². The van der Waals surface area contributed by atoms with E-state index in [0.717, 1.165) is 0 Å². The second-order valence-corrected chi connectivity index (χ2v) is 0. The average Bonchev–Trinajstić information content (AvgIpc) is 2.03. The molecule has 0 aliphatic heterocycles. The topological polar surface area (TPSA) is 0 Å². The minimum Gasteiger partial charge on any atom is -0.0776 e. The molecule has 13 heavy (non-hydrogen) atoms. The van der Waals surface area contributed by atoms with Crippen molar-refractivity contribution in [1.82, 2.24) is 0 Å². The zero-order chi connectivity index (χ0) is 8.00. The number of hydrogen-bond donors (Lipinski definition) is 0. The summed E-state index contributed by atoms with van der Waals surface area (Å²) in [5, 5.41) is 0. The Hall–Kier alpha value is 3.62. The third kappa shape index (κ3) is 221. The van der Waals surface area contributed by atoms with E-state index in [9.17, 15) is 0 Å². The fraction of sp³-hybridized carbons (Fsp3) is 1.00. The Labute approximate surface area is 175 Å². The second kappa shape index (κ2) is 254. The van der Waals surface area contributed by atoms with Crippen molar-refractivity contribution in [3.8, 4) is 0 Å². The van der Waals surface area contributed by atoms with Crippen LogP contribution in [0, 0.1) is 75.5 Å². The summed E-state index contributed by atoms with van der Waals surface area (Å²) in [4.78, 5) is 0. The summed E-state index contributed by atoms with van der Waals surface area (Å²) in [7, 11) is 0. The van der Waals surface area contributed by atoms with E-state index in [0.29, 0.717) is 0 Å². The van der Waals surface area contributed by atoms with Crippen molar-refractivity contribution in [2.24, 2.45) is 0 Å². The van der Waals surface area contributed by atoms with Crippen molar-refractivity contribution in [1.29, 1.82) is 0 Å². The molecule has 0 aromatic carbocycles. The van der Waals surface area contributed by atoms with E-state index in [4.69, 9.17) is 0 Å². The molecule has 0 aromatic heterocycles. The van der Waals surface area contributed by atoms with Crippen molar-refractivity contribution in [2.75, 3.05) is 0 Å². The predicted octanol–water partition coefficient (Wildman–Crippen LogP) is 5.37. The SMILES string of the molecule is C.C.CC.CC.CC.CC.[Ar].[Ar].[Y]. The third-order valence-corrected chi connectivity index (χ3v) is 0. The van der Waals surface area contributed by atoms with Gasteiger partial charge in [-0.25, -0.2) is 0 Å². The molecule has 0 aromatic rings. The molecule has 0 nitrogen and oxygen atoms in total. The molecular formula is C10H32Ar2Y. The summed E-state index contributed by atoms with van der Waals surface area (Å²) >= 11 is 0. The molecule has 1 radical (unpaired) electrons. The fourth-order valence-electron chi connectivity index (χ4n) is 0. The van der Waals surface area contributed by atoms with Gasteiger partial charge in [0.15, 0.2) is 0 Å². The molecule has 91 valence electrons. The first-order chi connectivity index (χ1) is 4.00. The van der Waals surface area contributed by atoms with E-state index in [1.165, 1.54) is 0 Å². The van der Waals surface area contributed by atoms with Gasteiger partial charge in [0.2, 0.25) is 0 Å². The van der Waals surface area contributed by atoms with Crippen LogP contribution in [0.3, 0.4) is 0 Å². The maximum Gasteiger partial charge on any atom is 0 e. The van der Waals surface area contributed by atoms with Crippen LogP contribution in [-0.2, 0) is 32.7 Å². The summed E-state index contributed by atoms with van der Waals surface area (Å²) < 4.78 is 0. The van der Waals surface area contributed by atoms with Gasteiger partial charge in [-0.1, -0.05) is 70.2 Å². The maximum absolute atomic E-state index is 2.00. The van der Waals surface area contributed by atoms with Gasteiger partial charge >= 0.3 is 0 Å². The van der Waals surface area contributed by atoms with Crippen LogP contribution in [0.1, 0.15) is 70.2 Å². The Balaban J connectivity index is -0.00000000208. The average molecular weight is 321 g/mol. The summed E-state index contributed by atoms with van der Waals surface area (Å²) in [6, 6.07) is 0. The summed E-state index contributed by atoms with van der Waals surface area (Å²) in [5.41, 5.74) is 0. The van der Waals surface area contributed by atoms with Gasteiger partial charge in [-0.2, -0.15) is 0 Å². The Morgan fingerprint density at radius 3 is 0.385 bits per heavy atom. The molecular weight excluding hydrogens is 289 g/mol. The van der Waals surface area contributed by atoms with E-state index in [1.807, 2.05) is 55.4 Å². The number of hydrogen-bond acceptors (Lipinski definition) is 0. The Morgan fingerprint density at radius 2 is 0.385 bits per heavy atom. The fourth-order valence-corrected chi connectivity index (χ4v) is 0. The zero-order valence-corrected chi connectivity index (χ0v) is 13.5. The van der Waals surface area contributed by atoms with Crippen LogP contribution in [0.25, 0.3) is 0 Å². The van der Waals surface area contributed by atoms with E-state index in [2.05, 4.69) is 0 Å². The Morgan fingerprint density at radius 1 is 0.385 bits per heavy atom. The van der Waals surface area contributed by atoms with Crippen molar-refractivity contribution in [3.63, 3.8) is 0 Å². The summed E-state index contributed by atoms with van der Waals surface area (Å²) in [6.45, 7) is 16.0. The molecule has 0 N–H and O–H groups in total. The molecule has 0 saturated carbocycles. The van der Waals surface area contributed by atoms with Gasteiger partial charge in [0, 0.05) is 108 Å². The maximum atomic E-state index is 2.00. The van der Waals surface area contributed by atoms with Crippen LogP contribution >= 0.6 is 0 Å². The molecule has 0 amide bonds. The van der Waals surface area contributed by atoms with E-state index >= 15 is 0 Å². The first kappa shape index (κ1) is 69.8. The van der Waals surface area contributed by atoms with E-state index < -0.39 is 0 Å². The standard InChI is InChI=1S/4C2H6.2CH4.2Ar.Y/c4*1-2;;;;;/h4*1-2H3;2*1H4;;;. The summed E-state index contributed by atoms with van der Waals surface area (Å²) in [5.74, 6) is 0. The van der Waals surface area contributed by atoms with Crippen LogP contribution in [0.4, 0.5) is 0 Å². The first-order valence-electron chi connectivity index (χ1n) is 4.00. The first-order valence-corrected chi connectivity index (χ1v) is 4.00. The van der Waals surface area contributed by atoms with Gasteiger partial charge in [0.05, 0.1) is 0 Å². The second-order valence-electron chi connectivity index (χ2n) is 0. The monoisotopic (exact) mass is 321 g/mol. The molecule has 0 heterocycles. The smallest absolute Gasteiger partial charge is 0 e. The van der Waals surface area contributed by atoms with Crippen LogP contribution in [0.2, 0.25) is 0 Å². The molecule has 0 unspecified atom stereocenters. The van der Waals surface area contributed by atoms with Crippen molar-refractivity contribution < 1.29 is 108 Å². The molecule has 0 fully saturated rings. The quantitative estimate of drug-likeness (QED) is 0.562. The Bertz CT molecular complexity index is 12.9. The minimum atomic E-state index is 0. The van der Waals surface area contributed by atoms with Gasteiger partial charge in [-0.05, 0) is 0 Å².